The molecule has 0 radical (unpaired) electrons. The van der Waals surface area contributed by atoms with Gasteiger partial charge in [-0.05, 0) is 39.3 Å². The van der Waals surface area contributed by atoms with Gasteiger partial charge in [0, 0.05) is 12.6 Å². The van der Waals surface area contributed by atoms with E-state index in [1.807, 2.05) is 51.1 Å². The SMILES string of the molecule is CC(C)(C)OC=O.O=C(NC1CCNC1)OCc1ccccc1. The molecule has 1 saturated heterocycles. The van der Waals surface area contributed by atoms with E-state index in [0.717, 1.165) is 25.1 Å². The van der Waals surface area contributed by atoms with Crippen LogP contribution in [0.5, 0.6) is 0 Å². The average Bonchev–Trinajstić information content (AvgIpc) is 2.98. The molecule has 0 aromatic heterocycles. The molecule has 0 saturated carbocycles. The summed E-state index contributed by atoms with van der Waals surface area (Å²) < 4.78 is 9.66. The number of ether oxygens (including phenoxy) is 2. The van der Waals surface area contributed by atoms with Gasteiger partial charge in [-0.25, -0.2) is 4.79 Å². The maximum atomic E-state index is 11.4. The zero-order chi connectivity index (χ0) is 17.1. The minimum Gasteiger partial charge on any atom is -0.462 e. The van der Waals surface area contributed by atoms with Gasteiger partial charge in [0.25, 0.3) is 6.47 Å². The quantitative estimate of drug-likeness (QED) is 0.831. The van der Waals surface area contributed by atoms with Gasteiger partial charge < -0.3 is 20.1 Å². The number of alkyl carbamates (subject to hydrolysis) is 1. The summed E-state index contributed by atoms with van der Waals surface area (Å²) in [7, 11) is 0. The molecule has 23 heavy (non-hydrogen) atoms. The molecule has 1 unspecified atom stereocenters. The predicted octanol–water partition coefficient (Wildman–Crippen LogP) is 2.23. The molecule has 0 bridgehead atoms. The molecule has 1 heterocycles. The third kappa shape index (κ3) is 9.52. The largest absolute Gasteiger partial charge is 0.462 e. The highest BCUT2D eigenvalue weighted by Gasteiger charge is 2.16. The maximum Gasteiger partial charge on any atom is 0.407 e. The Bertz CT molecular complexity index is 465. The molecule has 1 aromatic rings. The molecule has 1 aromatic carbocycles. The van der Waals surface area contributed by atoms with E-state index in [1.165, 1.54) is 0 Å². The number of rotatable bonds is 4. The van der Waals surface area contributed by atoms with E-state index in [2.05, 4.69) is 15.4 Å². The summed E-state index contributed by atoms with van der Waals surface area (Å²) in [5.74, 6) is 0. The lowest BCUT2D eigenvalue weighted by Crippen LogP contribution is -2.36. The molecular formula is C17H26N2O4. The lowest BCUT2D eigenvalue weighted by molar-refractivity contribution is -0.138. The van der Waals surface area contributed by atoms with Gasteiger partial charge in [0.1, 0.15) is 12.2 Å². The highest BCUT2D eigenvalue weighted by atomic mass is 16.5. The van der Waals surface area contributed by atoms with Crippen molar-refractivity contribution in [3.05, 3.63) is 35.9 Å². The van der Waals surface area contributed by atoms with E-state index in [-0.39, 0.29) is 17.7 Å². The van der Waals surface area contributed by atoms with Crippen molar-refractivity contribution < 1.29 is 19.1 Å². The van der Waals surface area contributed by atoms with Gasteiger partial charge in [-0.3, -0.25) is 4.79 Å². The van der Waals surface area contributed by atoms with Gasteiger partial charge in [0.15, 0.2) is 0 Å². The predicted molar refractivity (Wildman–Crippen MR) is 87.9 cm³/mol. The summed E-state index contributed by atoms with van der Waals surface area (Å²) >= 11 is 0. The van der Waals surface area contributed by atoms with Crippen LogP contribution < -0.4 is 10.6 Å². The van der Waals surface area contributed by atoms with Gasteiger partial charge in [-0.2, -0.15) is 0 Å². The van der Waals surface area contributed by atoms with Crippen molar-refractivity contribution in [2.45, 2.75) is 45.4 Å². The first-order valence-corrected chi connectivity index (χ1v) is 7.70. The summed E-state index contributed by atoms with van der Waals surface area (Å²) in [5.41, 5.74) is 0.684. The molecule has 2 N–H and O–H groups in total. The molecular weight excluding hydrogens is 296 g/mol. The Labute approximate surface area is 137 Å². The van der Waals surface area contributed by atoms with Crippen molar-refractivity contribution in [3.8, 4) is 0 Å². The molecule has 6 nitrogen and oxygen atoms in total. The van der Waals surface area contributed by atoms with Crippen molar-refractivity contribution in [2.24, 2.45) is 0 Å². The number of carbonyl (C=O) groups is 2. The van der Waals surface area contributed by atoms with E-state index < -0.39 is 0 Å². The average molecular weight is 322 g/mol. The summed E-state index contributed by atoms with van der Waals surface area (Å²) in [6.07, 6.45) is 0.637. The first kappa shape index (κ1) is 19.0. The molecule has 6 heteroatoms. The fourth-order valence-electron chi connectivity index (χ4n) is 1.85. The van der Waals surface area contributed by atoms with E-state index in [0.29, 0.717) is 13.1 Å². The van der Waals surface area contributed by atoms with Crippen LogP contribution in [-0.2, 0) is 20.9 Å². The van der Waals surface area contributed by atoms with Crippen LogP contribution in [0.1, 0.15) is 32.8 Å². The Morgan fingerprint density at radius 1 is 1.35 bits per heavy atom. The number of carbonyl (C=O) groups excluding carboxylic acids is 2. The molecule has 1 amide bonds. The smallest absolute Gasteiger partial charge is 0.407 e. The van der Waals surface area contributed by atoms with Crippen molar-refractivity contribution in [3.63, 3.8) is 0 Å². The van der Waals surface area contributed by atoms with Gasteiger partial charge in [0.2, 0.25) is 0 Å². The molecule has 1 aliphatic rings. The number of nitrogens with one attached hydrogen (secondary N) is 2. The zero-order valence-electron chi connectivity index (χ0n) is 14.0. The second kappa shape index (κ2) is 9.84. The lowest BCUT2D eigenvalue weighted by atomic mass is 10.2. The Kier molecular flexibility index (Phi) is 8.11. The summed E-state index contributed by atoms with van der Waals surface area (Å²) in [6, 6.07) is 9.88. The van der Waals surface area contributed by atoms with Gasteiger partial charge >= 0.3 is 6.09 Å². The van der Waals surface area contributed by atoms with Gasteiger partial charge in [0.05, 0.1) is 0 Å². The summed E-state index contributed by atoms with van der Waals surface area (Å²) in [6.45, 7) is 8.04. The topological polar surface area (TPSA) is 76.7 Å². The zero-order valence-corrected chi connectivity index (χ0v) is 14.0. The van der Waals surface area contributed by atoms with Crippen LogP contribution in [0.2, 0.25) is 0 Å². The molecule has 0 spiro atoms. The Morgan fingerprint density at radius 2 is 2.04 bits per heavy atom. The number of benzene rings is 1. The fraction of sp³-hybridized carbons (Fsp3) is 0.529. The Hall–Kier alpha value is -2.08. The second-order valence-electron chi connectivity index (χ2n) is 6.22. The van der Waals surface area contributed by atoms with Crippen LogP contribution in [0.25, 0.3) is 0 Å². The minimum absolute atomic E-state index is 0.211. The van der Waals surface area contributed by atoms with Crippen molar-refractivity contribution in [1.82, 2.24) is 10.6 Å². The Morgan fingerprint density at radius 3 is 2.52 bits per heavy atom. The monoisotopic (exact) mass is 322 g/mol. The van der Waals surface area contributed by atoms with Crippen LogP contribution in [0.15, 0.2) is 30.3 Å². The van der Waals surface area contributed by atoms with Crippen molar-refractivity contribution in [2.75, 3.05) is 13.1 Å². The molecule has 128 valence electrons. The Balaban J connectivity index is 0.000000322. The lowest BCUT2D eigenvalue weighted by Gasteiger charge is -2.14. The fourth-order valence-corrected chi connectivity index (χ4v) is 1.85. The molecule has 0 aliphatic carbocycles. The molecule has 1 atom stereocenters. The highest BCUT2D eigenvalue weighted by molar-refractivity contribution is 5.67. The number of hydrogen-bond acceptors (Lipinski definition) is 5. The van der Waals surface area contributed by atoms with Crippen LogP contribution in [0.4, 0.5) is 4.79 Å². The van der Waals surface area contributed by atoms with E-state index in [9.17, 15) is 9.59 Å². The first-order valence-electron chi connectivity index (χ1n) is 7.70. The summed E-state index contributed by atoms with van der Waals surface area (Å²) in [4.78, 5) is 21.0. The second-order valence-corrected chi connectivity index (χ2v) is 6.22. The van der Waals surface area contributed by atoms with E-state index >= 15 is 0 Å². The normalized spacial score (nSPS) is 16.7. The number of amides is 1. The molecule has 1 aliphatic heterocycles. The molecule has 2 rings (SSSR count). The van der Waals surface area contributed by atoms with Crippen molar-refractivity contribution >= 4 is 12.6 Å². The van der Waals surface area contributed by atoms with E-state index in [4.69, 9.17) is 4.74 Å². The van der Waals surface area contributed by atoms with Crippen LogP contribution in [-0.4, -0.2) is 37.3 Å². The van der Waals surface area contributed by atoms with Crippen LogP contribution in [0.3, 0.4) is 0 Å². The first-order chi connectivity index (χ1) is 10.9. The maximum absolute atomic E-state index is 11.4. The van der Waals surface area contributed by atoms with Crippen molar-refractivity contribution in [1.29, 1.82) is 0 Å². The van der Waals surface area contributed by atoms with Gasteiger partial charge in [-0.1, -0.05) is 30.3 Å². The summed E-state index contributed by atoms with van der Waals surface area (Å²) in [5, 5.41) is 6.01. The van der Waals surface area contributed by atoms with Gasteiger partial charge in [-0.15, -0.1) is 0 Å². The minimum atomic E-state index is -0.336. The standard InChI is InChI=1S/C12H16N2O2.C5H10O2/c15-12(14-11-6-7-13-8-11)16-9-10-4-2-1-3-5-10;1-5(2,3)7-4-6/h1-5,11,13H,6-9H2,(H,14,15);4H,1-3H3. The van der Waals surface area contributed by atoms with E-state index in [1.54, 1.807) is 0 Å². The third-order valence-electron chi connectivity index (χ3n) is 3.00. The van der Waals surface area contributed by atoms with Crippen LogP contribution >= 0.6 is 0 Å². The van der Waals surface area contributed by atoms with Crippen LogP contribution in [0, 0.1) is 0 Å². The molecule has 1 fully saturated rings. The third-order valence-corrected chi connectivity index (χ3v) is 3.00. The highest BCUT2D eigenvalue weighted by Crippen LogP contribution is 2.03. The number of hydrogen-bond donors (Lipinski definition) is 2.